The highest BCUT2D eigenvalue weighted by molar-refractivity contribution is 8.00. The predicted molar refractivity (Wildman–Crippen MR) is 42.0 cm³/mol. The molecule has 0 aromatic rings. The normalized spacial score (nSPS) is 36.7. The van der Waals surface area contributed by atoms with Crippen LogP contribution in [0.4, 0.5) is 0 Å². The molecule has 1 nitrogen and oxygen atoms in total. The second kappa shape index (κ2) is 2.93. The molecule has 0 spiro atoms. The molecular formula is C7H14OS. The summed E-state index contributed by atoms with van der Waals surface area (Å²) in [6.07, 6.45) is 4.71. The van der Waals surface area contributed by atoms with Gasteiger partial charge in [-0.15, -0.1) is 0 Å². The van der Waals surface area contributed by atoms with Crippen molar-refractivity contribution in [3.63, 3.8) is 0 Å². The largest absolute Gasteiger partial charge is 0.380 e. The lowest BCUT2D eigenvalue weighted by Crippen LogP contribution is -2.31. The number of rotatable bonds is 1. The van der Waals surface area contributed by atoms with Crippen LogP contribution in [0.1, 0.15) is 19.8 Å². The Kier molecular flexibility index (Phi) is 2.42. The molecule has 1 aliphatic rings. The summed E-state index contributed by atoms with van der Waals surface area (Å²) in [4.78, 5) is 0. The Morgan fingerprint density at radius 2 is 2.33 bits per heavy atom. The first-order valence-corrected chi connectivity index (χ1v) is 4.62. The number of ether oxygens (including phenoxy) is 1. The van der Waals surface area contributed by atoms with E-state index in [-0.39, 0.29) is 0 Å². The molecule has 0 amide bonds. The van der Waals surface area contributed by atoms with Crippen molar-refractivity contribution in [1.82, 2.24) is 0 Å². The third-order valence-electron chi connectivity index (χ3n) is 1.89. The fourth-order valence-electron chi connectivity index (χ4n) is 1.07. The van der Waals surface area contributed by atoms with Gasteiger partial charge in [0.05, 0.1) is 6.61 Å². The van der Waals surface area contributed by atoms with Gasteiger partial charge in [0.1, 0.15) is 0 Å². The highest BCUT2D eigenvalue weighted by Crippen LogP contribution is 2.30. The zero-order valence-corrected chi connectivity index (χ0v) is 6.96. The molecule has 0 saturated carbocycles. The minimum absolute atomic E-state index is 0.415. The molecule has 1 atom stereocenters. The minimum atomic E-state index is 0.415. The van der Waals surface area contributed by atoms with Gasteiger partial charge in [0.15, 0.2) is 0 Å². The van der Waals surface area contributed by atoms with Gasteiger partial charge in [-0.05, 0) is 26.0 Å². The molecule has 0 bridgehead atoms. The van der Waals surface area contributed by atoms with E-state index in [1.807, 2.05) is 11.8 Å². The van der Waals surface area contributed by atoms with Crippen molar-refractivity contribution in [2.45, 2.75) is 24.5 Å². The van der Waals surface area contributed by atoms with Crippen LogP contribution in [0, 0.1) is 0 Å². The maximum atomic E-state index is 5.36. The quantitative estimate of drug-likeness (QED) is 0.559. The average Bonchev–Trinajstić information content (AvgIpc) is 1.90. The van der Waals surface area contributed by atoms with Gasteiger partial charge in [0.25, 0.3) is 0 Å². The molecule has 1 unspecified atom stereocenters. The third-order valence-corrected chi connectivity index (χ3v) is 3.20. The summed E-state index contributed by atoms with van der Waals surface area (Å²) < 4.78 is 5.77. The Morgan fingerprint density at radius 3 is 2.67 bits per heavy atom. The first-order chi connectivity index (χ1) is 4.27. The van der Waals surface area contributed by atoms with Crippen molar-refractivity contribution in [1.29, 1.82) is 0 Å². The lowest BCUT2D eigenvalue weighted by molar-refractivity contribution is 0.0752. The van der Waals surface area contributed by atoms with Crippen LogP contribution in [-0.4, -0.2) is 24.2 Å². The molecule has 0 N–H and O–H groups in total. The second-order valence-electron chi connectivity index (χ2n) is 2.81. The minimum Gasteiger partial charge on any atom is -0.380 e. The summed E-state index contributed by atoms with van der Waals surface area (Å²) in [7, 11) is 0. The van der Waals surface area contributed by atoms with Crippen molar-refractivity contribution in [2.75, 3.05) is 19.5 Å². The zero-order chi connectivity index (χ0) is 6.74. The smallest absolute Gasteiger partial charge is 0.0610 e. The van der Waals surface area contributed by atoms with Crippen LogP contribution in [0.15, 0.2) is 0 Å². The topological polar surface area (TPSA) is 9.23 Å². The number of hydrogen-bond donors (Lipinski definition) is 0. The second-order valence-corrected chi connectivity index (χ2v) is 4.20. The monoisotopic (exact) mass is 146 g/mol. The average molecular weight is 146 g/mol. The summed E-state index contributed by atoms with van der Waals surface area (Å²) in [5.41, 5.74) is 0. The first-order valence-electron chi connectivity index (χ1n) is 3.40. The van der Waals surface area contributed by atoms with Crippen LogP contribution < -0.4 is 0 Å². The molecule has 0 radical (unpaired) electrons. The van der Waals surface area contributed by atoms with Crippen molar-refractivity contribution in [3.05, 3.63) is 0 Å². The molecule has 1 rings (SSSR count). The summed E-state index contributed by atoms with van der Waals surface area (Å²) in [5.74, 6) is 0. The maximum absolute atomic E-state index is 5.36. The highest BCUT2D eigenvalue weighted by Gasteiger charge is 2.25. The van der Waals surface area contributed by atoms with Gasteiger partial charge in [-0.3, -0.25) is 0 Å². The van der Waals surface area contributed by atoms with Crippen LogP contribution in [-0.2, 0) is 4.74 Å². The van der Waals surface area contributed by atoms with E-state index >= 15 is 0 Å². The lowest BCUT2D eigenvalue weighted by Gasteiger charge is -2.31. The maximum Gasteiger partial charge on any atom is 0.0610 e. The summed E-state index contributed by atoms with van der Waals surface area (Å²) in [5, 5.41) is 0. The molecule has 0 aliphatic carbocycles. The van der Waals surface area contributed by atoms with Gasteiger partial charge in [-0.25, -0.2) is 0 Å². The Morgan fingerprint density at radius 1 is 1.56 bits per heavy atom. The fraction of sp³-hybridized carbons (Fsp3) is 1.00. The van der Waals surface area contributed by atoms with Gasteiger partial charge >= 0.3 is 0 Å². The molecule has 1 heterocycles. The molecular weight excluding hydrogens is 132 g/mol. The van der Waals surface area contributed by atoms with Crippen LogP contribution in [0.2, 0.25) is 0 Å². The van der Waals surface area contributed by atoms with Crippen molar-refractivity contribution in [3.8, 4) is 0 Å². The molecule has 9 heavy (non-hydrogen) atoms. The van der Waals surface area contributed by atoms with E-state index in [1.54, 1.807) is 0 Å². The van der Waals surface area contributed by atoms with Gasteiger partial charge in [0.2, 0.25) is 0 Å². The van der Waals surface area contributed by atoms with Crippen LogP contribution in [0.3, 0.4) is 0 Å². The van der Waals surface area contributed by atoms with Gasteiger partial charge in [-0.1, -0.05) is 0 Å². The fourth-order valence-corrected chi connectivity index (χ4v) is 1.62. The molecule has 0 aromatic carbocycles. The highest BCUT2D eigenvalue weighted by atomic mass is 32.2. The van der Waals surface area contributed by atoms with E-state index in [1.165, 1.54) is 12.8 Å². The van der Waals surface area contributed by atoms with E-state index in [2.05, 4.69) is 13.2 Å². The SMILES string of the molecule is CSC1(C)CCCOC1. The van der Waals surface area contributed by atoms with Crippen molar-refractivity contribution < 1.29 is 4.74 Å². The summed E-state index contributed by atoms with van der Waals surface area (Å²) in [6.45, 7) is 4.18. The van der Waals surface area contributed by atoms with E-state index in [0.29, 0.717) is 4.75 Å². The van der Waals surface area contributed by atoms with Crippen LogP contribution in [0.5, 0.6) is 0 Å². The number of hydrogen-bond acceptors (Lipinski definition) is 2. The predicted octanol–water partition coefficient (Wildman–Crippen LogP) is 1.92. The van der Waals surface area contributed by atoms with E-state index in [0.717, 1.165) is 13.2 Å². The third kappa shape index (κ3) is 1.87. The molecule has 2 heteroatoms. The number of thioether (sulfide) groups is 1. The van der Waals surface area contributed by atoms with Gasteiger partial charge < -0.3 is 4.74 Å². The Balaban J connectivity index is 2.37. The summed E-state index contributed by atoms with van der Waals surface area (Å²) >= 11 is 1.92. The Hall–Kier alpha value is 0.310. The van der Waals surface area contributed by atoms with Gasteiger partial charge in [-0.2, -0.15) is 11.8 Å². The molecule has 0 aromatic heterocycles. The van der Waals surface area contributed by atoms with E-state index in [9.17, 15) is 0 Å². The molecule has 1 fully saturated rings. The zero-order valence-electron chi connectivity index (χ0n) is 6.14. The van der Waals surface area contributed by atoms with Crippen molar-refractivity contribution >= 4 is 11.8 Å². The van der Waals surface area contributed by atoms with E-state index in [4.69, 9.17) is 4.74 Å². The Labute approximate surface area is 61.2 Å². The molecule has 1 aliphatic heterocycles. The van der Waals surface area contributed by atoms with Crippen LogP contribution >= 0.6 is 11.8 Å². The first kappa shape index (κ1) is 7.42. The molecule has 1 saturated heterocycles. The van der Waals surface area contributed by atoms with Crippen LogP contribution in [0.25, 0.3) is 0 Å². The lowest BCUT2D eigenvalue weighted by atomic mass is 10.0. The van der Waals surface area contributed by atoms with Gasteiger partial charge in [0, 0.05) is 11.4 Å². The van der Waals surface area contributed by atoms with Crippen molar-refractivity contribution in [2.24, 2.45) is 0 Å². The summed E-state index contributed by atoms with van der Waals surface area (Å²) in [6, 6.07) is 0. The molecule has 54 valence electrons. The van der Waals surface area contributed by atoms with E-state index < -0.39 is 0 Å². The Bertz CT molecular complexity index is 86.9. The standard InChI is InChI=1S/C7H14OS/c1-7(9-2)4-3-5-8-6-7/h3-6H2,1-2H3.